The number of ketones is 1. The standard InChI is InChI=1S/C9H11BrOS/c1-6(11)3-4-8-5-9(10)7(2)12-8/h5H,3-4H2,1-2H3. The third-order valence-electron chi connectivity index (χ3n) is 1.63. The highest BCUT2D eigenvalue weighted by atomic mass is 79.9. The number of carbonyl (C=O) groups excluding carboxylic acids is 1. The average Bonchev–Trinajstić information content (AvgIpc) is 2.28. The van der Waals surface area contributed by atoms with E-state index in [4.69, 9.17) is 0 Å². The normalized spacial score (nSPS) is 10.2. The van der Waals surface area contributed by atoms with Crippen LogP contribution in [0.1, 0.15) is 23.1 Å². The molecule has 0 saturated carbocycles. The number of hydrogen-bond acceptors (Lipinski definition) is 2. The maximum Gasteiger partial charge on any atom is 0.130 e. The number of carbonyl (C=O) groups is 1. The number of halogens is 1. The summed E-state index contributed by atoms with van der Waals surface area (Å²) in [6, 6.07) is 2.10. The van der Waals surface area contributed by atoms with Crippen LogP contribution in [0.5, 0.6) is 0 Å². The second kappa shape index (κ2) is 4.19. The first-order valence-electron chi connectivity index (χ1n) is 3.84. The fraction of sp³-hybridized carbons (Fsp3) is 0.444. The molecule has 0 aliphatic rings. The summed E-state index contributed by atoms with van der Waals surface area (Å²) in [6.45, 7) is 3.71. The second-order valence-electron chi connectivity index (χ2n) is 2.82. The van der Waals surface area contributed by atoms with Gasteiger partial charge >= 0.3 is 0 Å². The predicted molar refractivity (Wildman–Crippen MR) is 55.8 cm³/mol. The van der Waals surface area contributed by atoms with Crippen LogP contribution in [0.4, 0.5) is 0 Å². The Morgan fingerprint density at radius 2 is 2.33 bits per heavy atom. The van der Waals surface area contributed by atoms with Crippen LogP contribution in [0.15, 0.2) is 10.5 Å². The van der Waals surface area contributed by atoms with Gasteiger partial charge in [0.05, 0.1) is 0 Å². The van der Waals surface area contributed by atoms with E-state index in [0.717, 1.165) is 10.9 Å². The molecule has 0 saturated heterocycles. The lowest BCUT2D eigenvalue weighted by Gasteiger charge is -1.91. The monoisotopic (exact) mass is 246 g/mol. The summed E-state index contributed by atoms with van der Waals surface area (Å²) < 4.78 is 1.16. The Labute approximate surface area is 84.9 Å². The van der Waals surface area contributed by atoms with Gasteiger partial charge in [-0.2, -0.15) is 0 Å². The molecule has 0 aromatic carbocycles. The fourth-order valence-electron chi connectivity index (χ4n) is 0.940. The Hall–Kier alpha value is -0.150. The van der Waals surface area contributed by atoms with Crippen molar-refractivity contribution >= 4 is 33.0 Å². The van der Waals surface area contributed by atoms with Crippen LogP contribution in [0.2, 0.25) is 0 Å². The molecule has 1 nitrogen and oxygen atoms in total. The molecule has 0 spiro atoms. The molecule has 0 unspecified atom stereocenters. The molecule has 0 atom stereocenters. The molecule has 3 heteroatoms. The molecule has 0 amide bonds. The lowest BCUT2D eigenvalue weighted by atomic mass is 10.2. The average molecular weight is 247 g/mol. The summed E-state index contributed by atoms with van der Waals surface area (Å²) in [7, 11) is 0. The van der Waals surface area contributed by atoms with Gasteiger partial charge in [0.25, 0.3) is 0 Å². The van der Waals surface area contributed by atoms with Crippen molar-refractivity contribution in [3.63, 3.8) is 0 Å². The molecule has 0 radical (unpaired) electrons. The van der Waals surface area contributed by atoms with Crippen molar-refractivity contribution in [3.8, 4) is 0 Å². The van der Waals surface area contributed by atoms with Gasteiger partial charge in [-0.1, -0.05) is 0 Å². The fourth-order valence-corrected chi connectivity index (χ4v) is 2.54. The highest BCUT2D eigenvalue weighted by molar-refractivity contribution is 9.10. The lowest BCUT2D eigenvalue weighted by Crippen LogP contribution is -1.91. The van der Waals surface area contributed by atoms with E-state index in [0.29, 0.717) is 6.42 Å². The molecule has 0 N–H and O–H groups in total. The van der Waals surface area contributed by atoms with Crippen LogP contribution in [0.3, 0.4) is 0 Å². The van der Waals surface area contributed by atoms with Gasteiger partial charge in [-0.25, -0.2) is 0 Å². The smallest absolute Gasteiger partial charge is 0.130 e. The van der Waals surface area contributed by atoms with E-state index in [1.165, 1.54) is 9.75 Å². The molecule has 1 aromatic rings. The third-order valence-corrected chi connectivity index (χ3v) is 3.83. The molecule has 1 heterocycles. The minimum Gasteiger partial charge on any atom is -0.300 e. The van der Waals surface area contributed by atoms with E-state index < -0.39 is 0 Å². The first-order valence-corrected chi connectivity index (χ1v) is 5.45. The first kappa shape index (κ1) is 9.93. The zero-order valence-electron chi connectivity index (χ0n) is 7.19. The van der Waals surface area contributed by atoms with Crippen molar-refractivity contribution in [1.82, 2.24) is 0 Å². The van der Waals surface area contributed by atoms with Crippen LogP contribution in [-0.2, 0) is 11.2 Å². The molecule has 66 valence electrons. The van der Waals surface area contributed by atoms with E-state index in [2.05, 4.69) is 28.9 Å². The SMILES string of the molecule is CC(=O)CCc1cc(Br)c(C)s1. The quantitative estimate of drug-likeness (QED) is 0.800. The first-order chi connectivity index (χ1) is 5.59. The Bertz CT molecular complexity index is 271. The summed E-state index contributed by atoms with van der Waals surface area (Å²) in [5, 5.41) is 0. The Morgan fingerprint density at radius 1 is 1.67 bits per heavy atom. The van der Waals surface area contributed by atoms with Gasteiger partial charge in [0.2, 0.25) is 0 Å². The van der Waals surface area contributed by atoms with Gasteiger partial charge in [-0.3, -0.25) is 0 Å². The minimum atomic E-state index is 0.261. The Morgan fingerprint density at radius 3 is 2.75 bits per heavy atom. The van der Waals surface area contributed by atoms with Crippen molar-refractivity contribution in [1.29, 1.82) is 0 Å². The van der Waals surface area contributed by atoms with Gasteiger partial charge in [-0.15, -0.1) is 11.3 Å². The minimum absolute atomic E-state index is 0.261. The number of aryl methyl sites for hydroxylation is 2. The zero-order valence-corrected chi connectivity index (χ0v) is 9.59. The molecule has 12 heavy (non-hydrogen) atoms. The molecular weight excluding hydrogens is 236 g/mol. The predicted octanol–water partition coefficient (Wildman–Crippen LogP) is 3.34. The van der Waals surface area contributed by atoms with Crippen molar-refractivity contribution in [3.05, 3.63) is 20.3 Å². The lowest BCUT2D eigenvalue weighted by molar-refractivity contribution is -0.116. The summed E-state index contributed by atoms with van der Waals surface area (Å²) >= 11 is 5.21. The second-order valence-corrected chi connectivity index (χ2v) is 5.01. The molecule has 0 fully saturated rings. The van der Waals surface area contributed by atoms with Gasteiger partial charge in [0.1, 0.15) is 5.78 Å². The van der Waals surface area contributed by atoms with Gasteiger partial charge < -0.3 is 4.79 Å². The van der Waals surface area contributed by atoms with E-state index in [1.807, 2.05) is 0 Å². The van der Waals surface area contributed by atoms with E-state index in [1.54, 1.807) is 18.3 Å². The highest BCUT2D eigenvalue weighted by Gasteiger charge is 2.03. The van der Waals surface area contributed by atoms with Crippen LogP contribution in [0.25, 0.3) is 0 Å². The number of rotatable bonds is 3. The molecule has 0 aliphatic heterocycles. The number of hydrogen-bond donors (Lipinski definition) is 0. The number of thiophene rings is 1. The zero-order chi connectivity index (χ0) is 9.14. The van der Waals surface area contributed by atoms with Crippen molar-refractivity contribution in [2.75, 3.05) is 0 Å². The molecule has 1 rings (SSSR count). The molecule has 0 bridgehead atoms. The summed E-state index contributed by atoms with van der Waals surface area (Å²) in [5.41, 5.74) is 0. The maximum absolute atomic E-state index is 10.7. The Balaban J connectivity index is 2.58. The highest BCUT2D eigenvalue weighted by Crippen LogP contribution is 2.27. The van der Waals surface area contributed by atoms with Crippen LogP contribution >= 0.6 is 27.3 Å². The summed E-state index contributed by atoms with van der Waals surface area (Å²) in [5.74, 6) is 0.261. The van der Waals surface area contributed by atoms with E-state index >= 15 is 0 Å². The van der Waals surface area contributed by atoms with Gasteiger partial charge in [-0.05, 0) is 42.3 Å². The van der Waals surface area contributed by atoms with Gasteiger partial charge in [0, 0.05) is 20.6 Å². The third kappa shape index (κ3) is 2.72. The molecule has 0 aliphatic carbocycles. The van der Waals surface area contributed by atoms with E-state index in [9.17, 15) is 4.79 Å². The summed E-state index contributed by atoms with van der Waals surface area (Å²) in [6.07, 6.45) is 1.54. The van der Waals surface area contributed by atoms with E-state index in [-0.39, 0.29) is 5.78 Å². The van der Waals surface area contributed by atoms with Gasteiger partial charge in [0.15, 0.2) is 0 Å². The number of Topliss-reactive ketones (excluding diaryl/α,β-unsaturated/α-hetero) is 1. The van der Waals surface area contributed by atoms with Crippen LogP contribution in [-0.4, -0.2) is 5.78 Å². The van der Waals surface area contributed by atoms with Crippen molar-refractivity contribution in [2.24, 2.45) is 0 Å². The molecule has 1 aromatic heterocycles. The van der Waals surface area contributed by atoms with Crippen molar-refractivity contribution < 1.29 is 4.79 Å². The summed E-state index contributed by atoms with van der Waals surface area (Å²) in [4.78, 5) is 13.3. The topological polar surface area (TPSA) is 17.1 Å². The van der Waals surface area contributed by atoms with Crippen LogP contribution in [0, 0.1) is 6.92 Å². The molecular formula is C9H11BrOS. The van der Waals surface area contributed by atoms with Crippen LogP contribution < -0.4 is 0 Å². The Kier molecular flexibility index (Phi) is 3.47. The maximum atomic E-state index is 10.7. The van der Waals surface area contributed by atoms with Crippen molar-refractivity contribution in [2.45, 2.75) is 26.7 Å². The largest absolute Gasteiger partial charge is 0.300 e.